The van der Waals surface area contributed by atoms with Gasteiger partial charge in [0, 0.05) is 12.6 Å². The van der Waals surface area contributed by atoms with E-state index in [9.17, 15) is 13.2 Å². The number of hydrogen-bond donors (Lipinski definition) is 0. The zero-order chi connectivity index (χ0) is 23.4. The highest BCUT2D eigenvalue weighted by molar-refractivity contribution is 7.91. The van der Waals surface area contributed by atoms with Crippen molar-refractivity contribution >= 4 is 54.0 Å². The first-order valence-corrected chi connectivity index (χ1v) is 12.8. The third-order valence-electron chi connectivity index (χ3n) is 4.94. The van der Waals surface area contributed by atoms with Crippen LogP contribution in [0.5, 0.6) is 5.75 Å². The van der Waals surface area contributed by atoms with Crippen molar-refractivity contribution < 1.29 is 17.9 Å². The summed E-state index contributed by atoms with van der Waals surface area (Å²) in [4.78, 5) is 23.7. The number of rotatable bonds is 8. The molecule has 1 amide bonds. The molecule has 2 aromatic heterocycles. The normalized spacial score (nSPS) is 11.5. The predicted molar refractivity (Wildman–Crippen MR) is 130 cm³/mol. The van der Waals surface area contributed by atoms with E-state index in [0.717, 1.165) is 4.70 Å². The van der Waals surface area contributed by atoms with Gasteiger partial charge in [-0.05, 0) is 48.5 Å². The number of para-hydroxylation sites is 1. The van der Waals surface area contributed by atoms with Crippen LogP contribution in [-0.4, -0.2) is 37.2 Å². The molecule has 0 saturated carbocycles. The Balaban J connectivity index is 1.59. The number of aromatic nitrogens is 2. The number of nitrogens with zero attached hydrogens (tertiary/aromatic N) is 3. The van der Waals surface area contributed by atoms with Crippen LogP contribution in [0.1, 0.15) is 12.1 Å². The molecule has 2 aromatic carbocycles. The molecule has 10 heteroatoms. The van der Waals surface area contributed by atoms with Crippen molar-refractivity contribution in [2.45, 2.75) is 17.9 Å². The van der Waals surface area contributed by atoms with Crippen molar-refractivity contribution in [1.29, 1.82) is 0 Å². The van der Waals surface area contributed by atoms with Crippen LogP contribution in [0.15, 0.2) is 71.8 Å². The Morgan fingerprint density at radius 1 is 1.09 bits per heavy atom. The van der Waals surface area contributed by atoms with Crippen LogP contribution >= 0.6 is 22.9 Å². The number of benzene rings is 2. The van der Waals surface area contributed by atoms with E-state index in [0.29, 0.717) is 27.1 Å². The number of carbonyl (C=O) groups excluding carboxylic acids is 1. The summed E-state index contributed by atoms with van der Waals surface area (Å²) < 4.78 is 31.5. The molecule has 4 rings (SSSR count). The van der Waals surface area contributed by atoms with Gasteiger partial charge in [-0.3, -0.25) is 14.7 Å². The van der Waals surface area contributed by atoms with Gasteiger partial charge in [-0.15, -0.1) is 0 Å². The van der Waals surface area contributed by atoms with Crippen LogP contribution in [0, 0.1) is 0 Å². The molecular weight excluding hydrogens is 482 g/mol. The number of carbonyl (C=O) groups is 1. The number of amides is 1. The van der Waals surface area contributed by atoms with E-state index in [-0.39, 0.29) is 29.5 Å². The van der Waals surface area contributed by atoms with E-state index in [1.165, 1.54) is 35.5 Å². The van der Waals surface area contributed by atoms with E-state index in [1.54, 1.807) is 36.5 Å². The maximum absolute atomic E-state index is 13.2. The van der Waals surface area contributed by atoms with Crippen molar-refractivity contribution in [3.63, 3.8) is 0 Å². The van der Waals surface area contributed by atoms with Crippen LogP contribution in [0.4, 0.5) is 5.13 Å². The highest BCUT2D eigenvalue weighted by Gasteiger charge is 2.24. The second-order valence-electron chi connectivity index (χ2n) is 7.13. The van der Waals surface area contributed by atoms with Crippen LogP contribution in [-0.2, 0) is 21.2 Å². The lowest BCUT2D eigenvalue weighted by molar-refractivity contribution is -0.118. The fraction of sp³-hybridized carbons (Fsp3) is 0.174. The first-order chi connectivity index (χ1) is 15.9. The van der Waals surface area contributed by atoms with Gasteiger partial charge in [0.1, 0.15) is 11.3 Å². The van der Waals surface area contributed by atoms with Crippen LogP contribution in [0.2, 0.25) is 5.02 Å². The maximum Gasteiger partial charge on any atom is 0.230 e. The fourth-order valence-corrected chi connectivity index (χ4v) is 5.70. The maximum atomic E-state index is 13.2. The van der Waals surface area contributed by atoms with E-state index in [1.807, 2.05) is 18.2 Å². The number of anilines is 1. The first-order valence-electron chi connectivity index (χ1n) is 9.99. The minimum atomic E-state index is -3.66. The second-order valence-corrected chi connectivity index (χ2v) is 10.7. The third-order valence-corrected chi connectivity index (χ3v) is 8.02. The van der Waals surface area contributed by atoms with Crippen molar-refractivity contribution in [2.75, 3.05) is 17.8 Å². The van der Waals surface area contributed by atoms with Gasteiger partial charge in [0.2, 0.25) is 5.91 Å². The van der Waals surface area contributed by atoms with Crippen LogP contribution in [0.3, 0.4) is 0 Å². The molecule has 0 bridgehead atoms. The Kier molecular flexibility index (Phi) is 6.92. The zero-order valence-corrected chi connectivity index (χ0v) is 20.0. The highest BCUT2D eigenvalue weighted by atomic mass is 35.5. The standard InChI is InChI=1S/C23H20ClN3O4S2/c1-31-17-8-10-18(11-9-17)33(29,30)14-12-21(28)27(15-16-5-2-3-13-25-16)23-26-22-19(24)6-4-7-20(22)32-23/h2-11,13H,12,14-15H2,1H3. The number of thiazole rings is 1. The second kappa shape index (κ2) is 9.86. The predicted octanol–water partition coefficient (Wildman–Crippen LogP) is 4.75. The van der Waals surface area contributed by atoms with Gasteiger partial charge >= 0.3 is 0 Å². The van der Waals surface area contributed by atoms with E-state index >= 15 is 0 Å². The number of fused-ring (bicyclic) bond motifs is 1. The minimum Gasteiger partial charge on any atom is -0.497 e. The summed E-state index contributed by atoms with van der Waals surface area (Å²) in [5, 5.41) is 0.929. The Morgan fingerprint density at radius 2 is 1.88 bits per heavy atom. The van der Waals surface area contributed by atoms with Gasteiger partial charge < -0.3 is 4.74 Å². The molecule has 0 aliphatic heterocycles. The molecule has 0 unspecified atom stereocenters. The molecule has 0 radical (unpaired) electrons. The van der Waals surface area contributed by atoms with Crippen molar-refractivity contribution in [3.05, 3.63) is 77.6 Å². The zero-order valence-electron chi connectivity index (χ0n) is 17.6. The van der Waals surface area contributed by atoms with Crippen molar-refractivity contribution in [2.24, 2.45) is 0 Å². The monoisotopic (exact) mass is 501 g/mol. The van der Waals surface area contributed by atoms with Crippen LogP contribution in [0.25, 0.3) is 10.2 Å². The molecule has 0 aliphatic rings. The lowest BCUT2D eigenvalue weighted by Gasteiger charge is -2.19. The molecule has 2 heterocycles. The molecular formula is C23H20ClN3O4S2. The number of sulfone groups is 1. The average Bonchev–Trinajstić information content (AvgIpc) is 3.27. The SMILES string of the molecule is COc1ccc(S(=O)(=O)CCC(=O)N(Cc2ccccn2)c2nc3c(Cl)cccc3s2)cc1. The Morgan fingerprint density at radius 3 is 2.55 bits per heavy atom. The Bertz CT molecular complexity index is 1370. The topological polar surface area (TPSA) is 89.5 Å². The number of halogens is 1. The molecule has 0 N–H and O–H groups in total. The van der Waals surface area contributed by atoms with Gasteiger partial charge in [0.05, 0.1) is 39.7 Å². The minimum absolute atomic E-state index is 0.138. The quantitative estimate of drug-likeness (QED) is 0.346. The molecule has 0 spiro atoms. The molecule has 0 saturated heterocycles. The largest absolute Gasteiger partial charge is 0.497 e. The number of pyridine rings is 1. The Labute approximate surface area is 200 Å². The molecule has 0 fully saturated rings. The van der Waals surface area contributed by atoms with Gasteiger partial charge in [-0.1, -0.05) is 35.1 Å². The molecule has 0 atom stereocenters. The lowest BCUT2D eigenvalue weighted by Crippen LogP contribution is -2.32. The summed E-state index contributed by atoms with van der Waals surface area (Å²) >= 11 is 7.58. The molecule has 7 nitrogen and oxygen atoms in total. The van der Waals surface area contributed by atoms with Gasteiger partial charge in [0.15, 0.2) is 15.0 Å². The lowest BCUT2D eigenvalue weighted by atomic mass is 10.3. The highest BCUT2D eigenvalue weighted by Crippen LogP contribution is 2.33. The summed E-state index contributed by atoms with van der Waals surface area (Å²) in [7, 11) is -2.15. The summed E-state index contributed by atoms with van der Waals surface area (Å²) in [5.74, 6) is -0.142. The van der Waals surface area contributed by atoms with Gasteiger partial charge in [-0.25, -0.2) is 13.4 Å². The third kappa shape index (κ3) is 5.32. The average molecular weight is 502 g/mol. The Hall–Kier alpha value is -3.01. The fourth-order valence-electron chi connectivity index (χ4n) is 3.19. The van der Waals surface area contributed by atoms with Gasteiger partial charge in [-0.2, -0.15) is 0 Å². The summed E-state index contributed by atoms with van der Waals surface area (Å²) in [6, 6.07) is 16.9. The number of ether oxygens (including phenoxy) is 1. The molecule has 4 aromatic rings. The smallest absolute Gasteiger partial charge is 0.230 e. The summed E-state index contributed by atoms with van der Waals surface area (Å²) in [6.45, 7) is 0.166. The van der Waals surface area contributed by atoms with Crippen molar-refractivity contribution in [1.82, 2.24) is 9.97 Å². The molecule has 0 aliphatic carbocycles. The summed E-state index contributed by atoms with van der Waals surface area (Å²) in [6.07, 6.45) is 1.44. The number of methoxy groups -OCH3 is 1. The van der Waals surface area contributed by atoms with Crippen LogP contribution < -0.4 is 9.64 Å². The molecule has 170 valence electrons. The molecule has 33 heavy (non-hydrogen) atoms. The number of hydrogen-bond acceptors (Lipinski definition) is 7. The summed E-state index contributed by atoms with van der Waals surface area (Å²) in [5.41, 5.74) is 1.26. The van der Waals surface area contributed by atoms with E-state index in [4.69, 9.17) is 16.3 Å². The van der Waals surface area contributed by atoms with Crippen molar-refractivity contribution in [3.8, 4) is 5.75 Å². The first kappa shape index (κ1) is 23.2. The van der Waals surface area contributed by atoms with E-state index in [2.05, 4.69) is 9.97 Å². The van der Waals surface area contributed by atoms with E-state index < -0.39 is 9.84 Å². The van der Waals surface area contributed by atoms with Gasteiger partial charge in [0.25, 0.3) is 0 Å².